The number of carbonyl (C=O) groups excluding carboxylic acids is 1. The highest BCUT2D eigenvalue weighted by atomic mass is 16.2. The summed E-state index contributed by atoms with van der Waals surface area (Å²) >= 11 is 0. The predicted molar refractivity (Wildman–Crippen MR) is 73.7 cm³/mol. The fraction of sp³-hybridized carbons (Fsp3) is 0.600. The summed E-state index contributed by atoms with van der Waals surface area (Å²) in [5, 5.41) is 0. The number of pyridine rings is 1. The van der Waals surface area contributed by atoms with E-state index in [-0.39, 0.29) is 11.9 Å². The number of rotatable bonds is 2. The van der Waals surface area contributed by atoms with E-state index < -0.39 is 0 Å². The molecule has 1 aliphatic heterocycles. The van der Waals surface area contributed by atoms with Crippen molar-refractivity contribution in [2.24, 2.45) is 17.6 Å². The van der Waals surface area contributed by atoms with E-state index >= 15 is 0 Å². The number of amides is 1. The summed E-state index contributed by atoms with van der Waals surface area (Å²) < 4.78 is 0. The van der Waals surface area contributed by atoms with Gasteiger partial charge in [0.2, 0.25) is 0 Å². The van der Waals surface area contributed by atoms with Crippen LogP contribution < -0.4 is 5.73 Å². The van der Waals surface area contributed by atoms with Crippen LogP contribution in [0.4, 0.5) is 0 Å². The maximum atomic E-state index is 12.6. The van der Waals surface area contributed by atoms with Crippen molar-refractivity contribution in [3.63, 3.8) is 0 Å². The number of aromatic nitrogens is 1. The van der Waals surface area contributed by atoms with E-state index in [2.05, 4.69) is 11.9 Å². The van der Waals surface area contributed by atoms with Crippen LogP contribution in [-0.4, -0.2) is 34.9 Å². The first kappa shape index (κ1) is 12.6. The van der Waals surface area contributed by atoms with Gasteiger partial charge in [0.05, 0.1) is 0 Å². The molecular formula is C15H21N3O. The maximum Gasteiger partial charge on any atom is 0.272 e. The first-order valence-corrected chi connectivity index (χ1v) is 7.19. The van der Waals surface area contributed by atoms with Crippen molar-refractivity contribution >= 4 is 5.91 Å². The molecule has 1 aliphatic carbocycles. The Morgan fingerprint density at radius 3 is 3.05 bits per heavy atom. The van der Waals surface area contributed by atoms with Gasteiger partial charge in [-0.15, -0.1) is 0 Å². The summed E-state index contributed by atoms with van der Waals surface area (Å²) in [6, 6.07) is 4.16. The first-order chi connectivity index (χ1) is 9.20. The van der Waals surface area contributed by atoms with Crippen molar-refractivity contribution in [1.29, 1.82) is 0 Å². The van der Waals surface area contributed by atoms with Gasteiger partial charge in [0.1, 0.15) is 5.69 Å². The molecule has 1 aromatic rings. The molecule has 3 unspecified atom stereocenters. The minimum absolute atomic E-state index is 0.0825. The summed E-state index contributed by atoms with van der Waals surface area (Å²) in [5.41, 5.74) is 7.78. The lowest BCUT2D eigenvalue weighted by Crippen LogP contribution is -2.34. The Balaban J connectivity index is 1.78. The molecular weight excluding hydrogens is 238 g/mol. The van der Waals surface area contributed by atoms with Gasteiger partial charge in [-0.25, -0.2) is 0 Å². The third-order valence-corrected chi connectivity index (χ3v) is 4.67. The minimum atomic E-state index is 0.0825. The van der Waals surface area contributed by atoms with Crippen molar-refractivity contribution in [1.82, 2.24) is 9.88 Å². The molecule has 4 heteroatoms. The number of likely N-dealkylation sites (tertiary alicyclic amines) is 1. The third kappa shape index (κ3) is 2.14. The molecule has 4 nitrogen and oxygen atoms in total. The van der Waals surface area contributed by atoms with Crippen LogP contribution in [0.3, 0.4) is 0 Å². The van der Waals surface area contributed by atoms with E-state index in [0.717, 1.165) is 31.5 Å². The van der Waals surface area contributed by atoms with Crippen molar-refractivity contribution in [3.05, 3.63) is 29.6 Å². The second-order valence-corrected chi connectivity index (χ2v) is 5.74. The topological polar surface area (TPSA) is 59.2 Å². The van der Waals surface area contributed by atoms with Crippen LogP contribution in [0.1, 0.15) is 35.8 Å². The monoisotopic (exact) mass is 259 g/mol. The van der Waals surface area contributed by atoms with Gasteiger partial charge in [0.25, 0.3) is 5.91 Å². The number of fused-ring (bicyclic) bond motifs is 1. The molecule has 102 valence electrons. The zero-order valence-electron chi connectivity index (χ0n) is 11.4. The van der Waals surface area contributed by atoms with Crippen LogP contribution >= 0.6 is 0 Å². The molecule has 19 heavy (non-hydrogen) atoms. The summed E-state index contributed by atoms with van der Waals surface area (Å²) in [7, 11) is 0. The first-order valence-electron chi connectivity index (χ1n) is 7.19. The standard InChI is InChI=1S/C15H21N3O/c1-2-10-4-3-7-17-14(10)15(19)18-8-11-5-6-13(16)12(11)9-18/h3-4,7,11-13H,2,5-6,8-9,16H2,1H3. The lowest BCUT2D eigenvalue weighted by atomic mass is 9.98. The molecule has 0 radical (unpaired) electrons. The lowest BCUT2D eigenvalue weighted by Gasteiger charge is -2.19. The van der Waals surface area contributed by atoms with Crippen molar-refractivity contribution < 1.29 is 4.79 Å². The van der Waals surface area contributed by atoms with E-state index in [0.29, 0.717) is 17.5 Å². The van der Waals surface area contributed by atoms with E-state index in [1.807, 2.05) is 17.0 Å². The molecule has 0 bridgehead atoms. The Morgan fingerprint density at radius 1 is 1.47 bits per heavy atom. The fourth-order valence-electron chi connectivity index (χ4n) is 3.54. The Bertz CT molecular complexity index is 488. The molecule has 3 atom stereocenters. The molecule has 2 N–H and O–H groups in total. The highest BCUT2D eigenvalue weighted by Crippen LogP contribution is 2.37. The Morgan fingerprint density at radius 2 is 2.32 bits per heavy atom. The minimum Gasteiger partial charge on any atom is -0.337 e. The molecule has 0 spiro atoms. The average Bonchev–Trinajstić information content (AvgIpc) is 3.00. The Hall–Kier alpha value is -1.42. The highest BCUT2D eigenvalue weighted by molar-refractivity contribution is 5.94. The summed E-state index contributed by atoms with van der Waals surface area (Å²) in [4.78, 5) is 18.8. The molecule has 2 fully saturated rings. The summed E-state index contributed by atoms with van der Waals surface area (Å²) in [5.74, 6) is 1.18. The molecule has 1 saturated carbocycles. The largest absolute Gasteiger partial charge is 0.337 e. The van der Waals surface area contributed by atoms with Crippen LogP contribution in [0.15, 0.2) is 18.3 Å². The fourth-order valence-corrected chi connectivity index (χ4v) is 3.54. The van der Waals surface area contributed by atoms with Gasteiger partial charge in [0.15, 0.2) is 0 Å². The Labute approximate surface area is 114 Å². The van der Waals surface area contributed by atoms with Crippen LogP contribution in [0.25, 0.3) is 0 Å². The lowest BCUT2D eigenvalue weighted by molar-refractivity contribution is 0.0772. The van der Waals surface area contributed by atoms with Gasteiger partial charge in [-0.1, -0.05) is 13.0 Å². The van der Waals surface area contributed by atoms with Gasteiger partial charge in [-0.05, 0) is 42.7 Å². The zero-order chi connectivity index (χ0) is 13.4. The SMILES string of the molecule is CCc1cccnc1C(=O)N1CC2CCC(N)C2C1. The van der Waals surface area contributed by atoms with Crippen LogP contribution in [0, 0.1) is 11.8 Å². The highest BCUT2D eigenvalue weighted by Gasteiger charge is 2.42. The summed E-state index contributed by atoms with van der Waals surface area (Å²) in [6.07, 6.45) is 4.82. The molecule has 1 aromatic heterocycles. The van der Waals surface area contributed by atoms with Crippen molar-refractivity contribution in [2.75, 3.05) is 13.1 Å². The van der Waals surface area contributed by atoms with E-state index in [1.165, 1.54) is 6.42 Å². The van der Waals surface area contributed by atoms with Crippen LogP contribution in [0.5, 0.6) is 0 Å². The number of aryl methyl sites for hydroxylation is 1. The van der Waals surface area contributed by atoms with Gasteiger partial charge in [0, 0.05) is 25.3 Å². The average molecular weight is 259 g/mol. The van der Waals surface area contributed by atoms with Gasteiger partial charge >= 0.3 is 0 Å². The molecule has 2 aliphatic rings. The van der Waals surface area contributed by atoms with E-state index in [1.54, 1.807) is 6.20 Å². The number of nitrogens with zero attached hydrogens (tertiary/aromatic N) is 2. The molecule has 1 saturated heterocycles. The maximum absolute atomic E-state index is 12.6. The number of nitrogens with two attached hydrogens (primary N) is 1. The van der Waals surface area contributed by atoms with E-state index in [9.17, 15) is 4.79 Å². The molecule has 0 aromatic carbocycles. The smallest absolute Gasteiger partial charge is 0.272 e. The molecule has 1 amide bonds. The zero-order valence-corrected chi connectivity index (χ0v) is 11.4. The molecule has 3 rings (SSSR count). The second-order valence-electron chi connectivity index (χ2n) is 5.74. The molecule has 2 heterocycles. The number of hydrogen-bond acceptors (Lipinski definition) is 3. The normalized spacial score (nSPS) is 29.6. The van der Waals surface area contributed by atoms with Gasteiger partial charge < -0.3 is 10.6 Å². The van der Waals surface area contributed by atoms with Crippen molar-refractivity contribution in [3.8, 4) is 0 Å². The Kier molecular flexibility index (Phi) is 3.27. The van der Waals surface area contributed by atoms with Crippen molar-refractivity contribution in [2.45, 2.75) is 32.2 Å². The van der Waals surface area contributed by atoms with Crippen LogP contribution in [-0.2, 0) is 6.42 Å². The van der Waals surface area contributed by atoms with Crippen LogP contribution in [0.2, 0.25) is 0 Å². The van der Waals surface area contributed by atoms with E-state index in [4.69, 9.17) is 5.73 Å². The van der Waals surface area contributed by atoms with Gasteiger partial charge in [-0.2, -0.15) is 0 Å². The number of carbonyl (C=O) groups is 1. The third-order valence-electron chi connectivity index (χ3n) is 4.67. The van der Waals surface area contributed by atoms with Gasteiger partial charge in [-0.3, -0.25) is 9.78 Å². The summed E-state index contributed by atoms with van der Waals surface area (Å²) in [6.45, 7) is 3.73. The quantitative estimate of drug-likeness (QED) is 0.874. The predicted octanol–water partition coefficient (Wildman–Crippen LogP) is 1.45. The number of hydrogen-bond donors (Lipinski definition) is 1. The second kappa shape index (κ2) is 4.93.